The molecule has 1 aromatic rings. The summed E-state index contributed by atoms with van der Waals surface area (Å²) < 4.78 is 5.39. The third-order valence-corrected chi connectivity index (χ3v) is 5.65. The highest BCUT2D eigenvalue weighted by Crippen LogP contribution is 2.31. The van der Waals surface area contributed by atoms with Crippen LogP contribution in [0.5, 0.6) is 0 Å². The molecule has 5 nitrogen and oxygen atoms in total. The summed E-state index contributed by atoms with van der Waals surface area (Å²) in [6, 6.07) is 5.09. The summed E-state index contributed by atoms with van der Waals surface area (Å²) in [6.45, 7) is 5.17. The van der Waals surface area contributed by atoms with Crippen molar-refractivity contribution in [2.75, 3.05) is 37.7 Å². The smallest absolute Gasteiger partial charge is 0.239 e. The maximum atomic E-state index is 12.9. The van der Waals surface area contributed by atoms with Gasteiger partial charge in [-0.2, -0.15) is 0 Å². The van der Waals surface area contributed by atoms with Crippen LogP contribution in [0.2, 0.25) is 10.0 Å². The molecule has 3 rings (SSSR count). The van der Waals surface area contributed by atoms with Crippen LogP contribution in [0.1, 0.15) is 19.8 Å². The Morgan fingerprint density at radius 1 is 1.32 bits per heavy atom. The van der Waals surface area contributed by atoms with E-state index in [0.717, 1.165) is 13.0 Å². The molecular weight excluding hydrogens is 363 g/mol. The molecule has 2 aliphatic heterocycles. The molecule has 0 radical (unpaired) electrons. The monoisotopic (exact) mass is 384 g/mol. The summed E-state index contributed by atoms with van der Waals surface area (Å²) in [5, 5.41) is 0.846. The van der Waals surface area contributed by atoms with E-state index < -0.39 is 5.92 Å². The average molecular weight is 385 g/mol. The zero-order valence-electron chi connectivity index (χ0n) is 14.2. The summed E-state index contributed by atoms with van der Waals surface area (Å²) in [6.07, 6.45) is 1.49. The molecule has 0 saturated carbocycles. The van der Waals surface area contributed by atoms with Crippen LogP contribution >= 0.6 is 23.2 Å². The van der Waals surface area contributed by atoms with Gasteiger partial charge in [-0.25, -0.2) is 0 Å². The third-order valence-electron chi connectivity index (χ3n) is 4.91. The molecular formula is C18H22Cl2N2O3. The Hall–Kier alpha value is -1.30. The van der Waals surface area contributed by atoms with Crippen molar-refractivity contribution in [3.63, 3.8) is 0 Å². The van der Waals surface area contributed by atoms with Gasteiger partial charge in [0, 0.05) is 37.8 Å². The number of halogens is 2. The molecule has 2 fully saturated rings. The maximum absolute atomic E-state index is 12.9. The molecule has 0 N–H and O–H groups in total. The number of ether oxygens (including phenoxy) is 1. The number of benzene rings is 1. The lowest BCUT2D eigenvalue weighted by Gasteiger charge is -2.26. The van der Waals surface area contributed by atoms with Crippen molar-refractivity contribution in [2.24, 2.45) is 11.8 Å². The number of carbonyl (C=O) groups is 2. The highest BCUT2D eigenvalue weighted by molar-refractivity contribution is 6.42. The number of hydrogen-bond donors (Lipinski definition) is 0. The Bertz CT molecular complexity index is 662. The number of amides is 2. The zero-order valence-corrected chi connectivity index (χ0v) is 15.7. The van der Waals surface area contributed by atoms with Crippen molar-refractivity contribution >= 4 is 40.7 Å². The fourth-order valence-corrected chi connectivity index (χ4v) is 3.74. The first kappa shape index (κ1) is 18.5. The van der Waals surface area contributed by atoms with Gasteiger partial charge >= 0.3 is 0 Å². The van der Waals surface area contributed by atoms with Crippen molar-refractivity contribution in [1.82, 2.24) is 4.90 Å². The SMILES string of the molecule is CCN(C[C@@H]1CCOC1)C(=O)[C@@H]1CCN(c2ccc(Cl)c(Cl)c2)C1=O. The Labute approximate surface area is 157 Å². The Morgan fingerprint density at radius 3 is 2.76 bits per heavy atom. The van der Waals surface area contributed by atoms with Crippen LogP contribution in [0.15, 0.2) is 18.2 Å². The second kappa shape index (κ2) is 7.94. The van der Waals surface area contributed by atoms with E-state index >= 15 is 0 Å². The average Bonchev–Trinajstić information content (AvgIpc) is 3.24. The normalized spacial score (nSPS) is 23.3. The molecule has 2 heterocycles. The molecule has 1 aromatic carbocycles. The third kappa shape index (κ3) is 3.94. The fourth-order valence-electron chi connectivity index (χ4n) is 3.45. The summed E-state index contributed by atoms with van der Waals surface area (Å²) in [5.74, 6) is -0.491. The number of nitrogens with zero attached hydrogens (tertiary/aromatic N) is 2. The van der Waals surface area contributed by atoms with Crippen molar-refractivity contribution in [3.05, 3.63) is 28.2 Å². The van der Waals surface area contributed by atoms with Crippen LogP contribution in [0.25, 0.3) is 0 Å². The first-order chi connectivity index (χ1) is 12.0. The van der Waals surface area contributed by atoms with E-state index in [0.29, 0.717) is 54.3 Å². The van der Waals surface area contributed by atoms with Crippen molar-refractivity contribution < 1.29 is 14.3 Å². The molecule has 0 spiro atoms. The van der Waals surface area contributed by atoms with Crippen molar-refractivity contribution in [1.29, 1.82) is 0 Å². The molecule has 0 aromatic heterocycles. The summed E-state index contributed by atoms with van der Waals surface area (Å²) in [7, 11) is 0. The van der Waals surface area contributed by atoms with E-state index in [9.17, 15) is 9.59 Å². The maximum Gasteiger partial charge on any atom is 0.239 e. The lowest BCUT2D eigenvalue weighted by atomic mass is 10.0. The van der Waals surface area contributed by atoms with E-state index in [1.165, 1.54) is 0 Å². The van der Waals surface area contributed by atoms with Crippen LogP contribution in [-0.4, -0.2) is 49.6 Å². The molecule has 0 bridgehead atoms. The van der Waals surface area contributed by atoms with Gasteiger partial charge < -0.3 is 14.5 Å². The minimum atomic E-state index is -0.614. The summed E-state index contributed by atoms with van der Waals surface area (Å²) in [5.41, 5.74) is 0.682. The van der Waals surface area contributed by atoms with E-state index in [2.05, 4.69) is 0 Å². The van der Waals surface area contributed by atoms with Gasteiger partial charge in [0.25, 0.3) is 0 Å². The summed E-state index contributed by atoms with van der Waals surface area (Å²) in [4.78, 5) is 29.1. The van der Waals surface area contributed by atoms with Gasteiger partial charge in [0.05, 0.1) is 16.7 Å². The van der Waals surface area contributed by atoms with Crippen molar-refractivity contribution in [3.8, 4) is 0 Å². The number of rotatable bonds is 5. The Morgan fingerprint density at radius 2 is 2.12 bits per heavy atom. The van der Waals surface area contributed by atoms with Gasteiger partial charge in [0.15, 0.2) is 0 Å². The van der Waals surface area contributed by atoms with Crippen LogP contribution < -0.4 is 4.90 Å². The van der Waals surface area contributed by atoms with Crippen LogP contribution in [-0.2, 0) is 14.3 Å². The van der Waals surface area contributed by atoms with Crippen LogP contribution in [0, 0.1) is 11.8 Å². The van der Waals surface area contributed by atoms with Gasteiger partial charge in [-0.1, -0.05) is 23.2 Å². The predicted molar refractivity (Wildman–Crippen MR) is 98.1 cm³/mol. The van der Waals surface area contributed by atoms with Gasteiger partial charge in [-0.15, -0.1) is 0 Å². The summed E-state index contributed by atoms with van der Waals surface area (Å²) >= 11 is 12.0. The van der Waals surface area contributed by atoms with E-state index in [1.54, 1.807) is 28.0 Å². The van der Waals surface area contributed by atoms with Gasteiger partial charge in [0.1, 0.15) is 5.92 Å². The first-order valence-corrected chi connectivity index (χ1v) is 9.39. The molecule has 7 heteroatoms. The van der Waals surface area contributed by atoms with Crippen LogP contribution in [0.4, 0.5) is 5.69 Å². The van der Waals surface area contributed by atoms with Gasteiger partial charge in [-0.05, 0) is 38.0 Å². The van der Waals surface area contributed by atoms with Crippen molar-refractivity contribution in [2.45, 2.75) is 19.8 Å². The molecule has 2 amide bonds. The largest absolute Gasteiger partial charge is 0.381 e. The number of hydrogen-bond acceptors (Lipinski definition) is 3. The highest BCUT2D eigenvalue weighted by atomic mass is 35.5. The van der Waals surface area contributed by atoms with E-state index in [1.807, 2.05) is 6.92 Å². The molecule has 0 aliphatic carbocycles. The standard InChI is InChI=1S/C18H22Cl2N2O3/c1-2-21(10-12-6-8-25-11-12)17(23)14-5-7-22(18(14)24)13-3-4-15(19)16(20)9-13/h3-4,9,12,14H,2,5-8,10-11H2,1H3/t12-,14-/m0/s1. The highest BCUT2D eigenvalue weighted by Gasteiger charge is 2.40. The molecule has 136 valence electrons. The zero-order chi connectivity index (χ0) is 18.0. The lowest BCUT2D eigenvalue weighted by Crippen LogP contribution is -2.42. The number of carbonyl (C=O) groups excluding carboxylic acids is 2. The molecule has 2 atom stereocenters. The first-order valence-electron chi connectivity index (χ1n) is 8.64. The molecule has 0 unspecified atom stereocenters. The van der Waals surface area contributed by atoms with Gasteiger partial charge in [0.2, 0.25) is 11.8 Å². The van der Waals surface area contributed by atoms with E-state index in [-0.39, 0.29) is 11.8 Å². The molecule has 2 saturated heterocycles. The second-order valence-electron chi connectivity index (χ2n) is 6.54. The minimum Gasteiger partial charge on any atom is -0.381 e. The van der Waals surface area contributed by atoms with E-state index in [4.69, 9.17) is 27.9 Å². The number of anilines is 1. The Balaban J connectivity index is 1.69. The van der Waals surface area contributed by atoms with Crippen LogP contribution in [0.3, 0.4) is 0 Å². The molecule has 2 aliphatic rings. The lowest BCUT2D eigenvalue weighted by molar-refractivity contribution is -0.140. The fraction of sp³-hybridized carbons (Fsp3) is 0.556. The topological polar surface area (TPSA) is 49.9 Å². The quantitative estimate of drug-likeness (QED) is 0.732. The Kier molecular flexibility index (Phi) is 5.87. The minimum absolute atomic E-state index is 0.0815. The predicted octanol–water partition coefficient (Wildman–Crippen LogP) is 3.23. The van der Waals surface area contributed by atoms with Gasteiger partial charge in [-0.3, -0.25) is 9.59 Å². The second-order valence-corrected chi connectivity index (χ2v) is 7.35. The molecule has 25 heavy (non-hydrogen) atoms.